The number of hydrogen-bond donors (Lipinski definition) is 0. The molecule has 0 bridgehead atoms. The van der Waals surface area contributed by atoms with Gasteiger partial charge in [0.15, 0.2) is 11.5 Å². The smallest absolute Gasteiger partial charge is 0.246 e. The number of likely N-dealkylation sites (N-methyl/N-ethyl adjacent to an activating group) is 1. The largest absolute Gasteiger partial charge is 0.493 e. The Kier molecular flexibility index (Phi) is 5.62. The Morgan fingerprint density at radius 2 is 2.00 bits per heavy atom. The molecule has 0 aromatic heterocycles. The van der Waals surface area contributed by atoms with Crippen LogP contribution >= 0.6 is 0 Å². The molecule has 0 radical (unpaired) electrons. The van der Waals surface area contributed by atoms with Crippen molar-refractivity contribution in [1.29, 1.82) is 5.26 Å². The number of benzene rings is 2. The fourth-order valence-electron chi connectivity index (χ4n) is 2.72. The molecule has 1 amide bonds. The van der Waals surface area contributed by atoms with Crippen LogP contribution in [0, 0.1) is 11.3 Å². The summed E-state index contributed by atoms with van der Waals surface area (Å²) >= 11 is 0. The van der Waals surface area contributed by atoms with Crippen LogP contribution in [-0.4, -0.2) is 38.2 Å². The summed E-state index contributed by atoms with van der Waals surface area (Å²) in [6, 6.07) is 12.9. The van der Waals surface area contributed by atoms with Crippen molar-refractivity contribution in [2.45, 2.75) is 6.54 Å². The Bertz CT molecular complexity index is 880. The van der Waals surface area contributed by atoms with Gasteiger partial charge in [-0.15, -0.1) is 0 Å². The molecule has 0 unspecified atom stereocenters. The Morgan fingerprint density at radius 1 is 1.26 bits per heavy atom. The summed E-state index contributed by atoms with van der Waals surface area (Å²) in [6.45, 7) is 1.42. The number of carbonyl (C=O) groups excluding carboxylic acids is 1. The summed E-state index contributed by atoms with van der Waals surface area (Å²) in [5, 5.41) is 8.84. The van der Waals surface area contributed by atoms with Crippen LogP contribution in [0.2, 0.25) is 0 Å². The maximum Gasteiger partial charge on any atom is 0.246 e. The average molecular weight is 364 g/mol. The molecule has 2 aromatic rings. The molecule has 3 rings (SSSR count). The molecule has 1 aliphatic heterocycles. The number of hydrogen-bond acceptors (Lipinski definition) is 5. The number of rotatable bonds is 5. The van der Waals surface area contributed by atoms with E-state index in [0.717, 1.165) is 11.1 Å². The van der Waals surface area contributed by atoms with E-state index in [9.17, 15) is 4.79 Å². The Morgan fingerprint density at radius 3 is 2.70 bits per heavy atom. The normalized spacial score (nSPS) is 12.5. The third kappa shape index (κ3) is 4.39. The third-order valence-corrected chi connectivity index (χ3v) is 4.15. The van der Waals surface area contributed by atoms with Crippen LogP contribution in [0.5, 0.6) is 17.2 Å². The highest BCUT2D eigenvalue weighted by Gasteiger charge is 2.18. The first-order chi connectivity index (χ1) is 13.1. The summed E-state index contributed by atoms with van der Waals surface area (Å²) in [4.78, 5) is 14.0. The van der Waals surface area contributed by atoms with E-state index in [-0.39, 0.29) is 5.91 Å². The van der Waals surface area contributed by atoms with Gasteiger partial charge in [-0.1, -0.05) is 12.1 Å². The summed E-state index contributed by atoms with van der Waals surface area (Å²) in [6.07, 6.45) is 3.23. The highest BCUT2D eigenvalue weighted by Crippen LogP contribution is 2.40. The molecule has 1 aliphatic rings. The van der Waals surface area contributed by atoms with Gasteiger partial charge in [0.2, 0.25) is 11.7 Å². The van der Waals surface area contributed by atoms with Crippen molar-refractivity contribution in [3.05, 3.63) is 59.2 Å². The lowest BCUT2D eigenvalue weighted by molar-refractivity contribution is -0.125. The Labute approximate surface area is 158 Å². The van der Waals surface area contributed by atoms with E-state index in [4.69, 9.17) is 19.5 Å². The van der Waals surface area contributed by atoms with Crippen molar-refractivity contribution in [3.8, 4) is 23.3 Å². The van der Waals surface area contributed by atoms with Crippen molar-refractivity contribution in [1.82, 2.24) is 4.90 Å². The number of fused-ring (bicyclic) bond motifs is 1. The highest BCUT2D eigenvalue weighted by atomic mass is 16.6. The molecule has 6 heteroatoms. The molecular formula is C21H20N2O4. The summed E-state index contributed by atoms with van der Waals surface area (Å²) in [5.41, 5.74) is 2.34. The van der Waals surface area contributed by atoms with Gasteiger partial charge in [-0.2, -0.15) is 5.26 Å². The summed E-state index contributed by atoms with van der Waals surface area (Å²) < 4.78 is 16.5. The van der Waals surface area contributed by atoms with Crippen LogP contribution in [0.1, 0.15) is 16.7 Å². The second-order valence-electron chi connectivity index (χ2n) is 6.08. The van der Waals surface area contributed by atoms with E-state index >= 15 is 0 Å². The van der Waals surface area contributed by atoms with E-state index in [1.165, 1.54) is 6.08 Å². The third-order valence-electron chi connectivity index (χ3n) is 4.15. The van der Waals surface area contributed by atoms with E-state index in [1.54, 1.807) is 43.3 Å². The maximum atomic E-state index is 12.4. The first-order valence-electron chi connectivity index (χ1n) is 8.50. The van der Waals surface area contributed by atoms with E-state index in [1.807, 2.05) is 18.2 Å². The molecule has 6 nitrogen and oxygen atoms in total. The molecule has 138 valence electrons. The van der Waals surface area contributed by atoms with Crippen LogP contribution in [0.3, 0.4) is 0 Å². The van der Waals surface area contributed by atoms with Crippen LogP contribution < -0.4 is 14.2 Å². The van der Waals surface area contributed by atoms with Gasteiger partial charge in [0, 0.05) is 19.7 Å². The number of methoxy groups -OCH3 is 1. The standard InChI is InChI=1S/C21H20N2O4/c1-23(14-16-5-3-15(13-22)4-6-16)20(24)8-7-17-11-18(25-2)21-19(12-17)26-9-10-27-21/h3-8,11-12H,9-10,14H2,1-2H3/b8-7+. The minimum absolute atomic E-state index is 0.131. The molecule has 27 heavy (non-hydrogen) atoms. The predicted octanol–water partition coefficient (Wildman–Crippen LogP) is 3.01. The Balaban J connectivity index is 1.69. The summed E-state index contributed by atoms with van der Waals surface area (Å²) in [5.74, 6) is 1.64. The second kappa shape index (κ2) is 8.28. The highest BCUT2D eigenvalue weighted by molar-refractivity contribution is 5.91. The van der Waals surface area contributed by atoms with Gasteiger partial charge in [-0.3, -0.25) is 4.79 Å². The molecule has 0 saturated carbocycles. The van der Waals surface area contributed by atoms with Gasteiger partial charge in [-0.05, 0) is 41.5 Å². The zero-order valence-electron chi connectivity index (χ0n) is 15.3. The molecule has 0 spiro atoms. The van der Waals surface area contributed by atoms with Crippen molar-refractivity contribution >= 4 is 12.0 Å². The van der Waals surface area contributed by atoms with Crippen LogP contribution in [0.15, 0.2) is 42.5 Å². The van der Waals surface area contributed by atoms with Crippen LogP contribution in [-0.2, 0) is 11.3 Å². The predicted molar refractivity (Wildman–Crippen MR) is 101 cm³/mol. The van der Waals surface area contributed by atoms with Gasteiger partial charge in [0.1, 0.15) is 13.2 Å². The van der Waals surface area contributed by atoms with Gasteiger partial charge in [-0.25, -0.2) is 0 Å². The SMILES string of the molecule is COc1cc(/C=C/C(=O)N(C)Cc2ccc(C#N)cc2)cc2c1OCCO2. The van der Waals surface area contributed by atoms with Crippen molar-refractivity contribution in [2.24, 2.45) is 0 Å². The topological polar surface area (TPSA) is 71.8 Å². The number of ether oxygens (including phenoxy) is 3. The average Bonchev–Trinajstić information content (AvgIpc) is 2.71. The van der Waals surface area contributed by atoms with Gasteiger partial charge >= 0.3 is 0 Å². The molecule has 0 N–H and O–H groups in total. The molecule has 0 saturated heterocycles. The number of amides is 1. The zero-order valence-corrected chi connectivity index (χ0v) is 15.3. The van der Waals surface area contributed by atoms with Crippen molar-refractivity contribution < 1.29 is 19.0 Å². The van der Waals surface area contributed by atoms with Gasteiger partial charge in [0.05, 0.1) is 18.7 Å². The lowest BCUT2D eigenvalue weighted by Crippen LogP contribution is -2.24. The molecule has 1 heterocycles. The quantitative estimate of drug-likeness (QED) is 0.763. The van der Waals surface area contributed by atoms with Gasteiger partial charge < -0.3 is 19.1 Å². The summed E-state index contributed by atoms with van der Waals surface area (Å²) in [7, 11) is 3.30. The fraction of sp³-hybridized carbons (Fsp3) is 0.238. The first-order valence-corrected chi connectivity index (χ1v) is 8.50. The molecular weight excluding hydrogens is 344 g/mol. The Hall–Kier alpha value is -3.46. The minimum Gasteiger partial charge on any atom is -0.493 e. The number of carbonyl (C=O) groups is 1. The van der Waals surface area contributed by atoms with Crippen LogP contribution in [0.25, 0.3) is 6.08 Å². The molecule has 0 atom stereocenters. The van der Waals surface area contributed by atoms with E-state index in [2.05, 4.69) is 6.07 Å². The number of nitrogens with zero attached hydrogens (tertiary/aromatic N) is 2. The molecule has 0 fully saturated rings. The van der Waals surface area contributed by atoms with E-state index < -0.39 is 0 Å². The van der Waals surface area contributed by atoms with Gasteiger partial charge in [0.25, 0.3) is 0 Å². The second-order valence-corrected chi connectivity index (χ2v) is 6.08. The van der Waals surface area contributed by atoms with Crippen molar-refractivity contribution in [3.63, 3.8) is 0 Å². The molecule has 0 aliphatic carbocycles. The monoisotopic (exact) mass is 364 g/mol. The zero-order chi connectivity index (χ0) is 19.2. The molecule has 2 aromatic carbocycles. The fourth-order valence-corrected chi connectivity index (χ4v) is 2.72. The maximum absolute atomic E-state index is 12.4. The van der Waals surface area contributed by atoms with Crippen molar-refractivity contribution in [2.75, 3.05) is 27.4 Å². The van der Waals surface area contributed by atoms with Crippen LogP contribution in [0.4, 0.5) is 0 Å². The lowest BCUT2D eigenvalue weighted by Gasteiger charge is -2.21. The lowest BCUT2D eigenvalue weighted by atomic mass is 10.1. The minimum atomic E-state index is -0.131. The first kappa shape index (κ1) is 18.3. The van der Waals surface area contributed by atoms with E-state index in [0.29, 0.717) is 42.6 Å². The number of nitriles is 1.